The lowest BCUT2D eigenvalue weighted by atomic mass is 9.94. The van der Waals surface area contributed by atoms with E-state index in [0.717, 1.165) is 5.56 Å². The smallest absolute Gasteiger partial charge is 0.410 e. The second-order valence-electron chi connectivity index (χ2n) is 7.32. The van der Waals surface area contributed by atoms with Crippen molar-refractivity contribution in [2.45, 2.75) is 25.1 Å². The Morgan fingerprint density at radius 2 is 1.94 bits per heavy atom. The number of halogens is 1. The van der Waals surface area contributed by atoms with Gasteiger partial charge in [0.2, 0.25) is 5.88 Å². The number of piperidine rings is 1. The summed E-state index contributed by atoms with van der Waals surface area (Å²) in [6.45, 7) is 0.701. The predicted molar refractivity (Wildman–Crippen MR) is 114 cm³/mol. The lowest BCUT2D eigenvalue weighted by molar-refractivity contribution is 0.0634. The average molecular weight is 419 g/mol. The number of rotatable bonds is 3. The van der Waals surface area contributed by atoms with Crippen LogP contribution in [0.1, 0.15) is 24.0 Å². The number of nitrogens with zero attached hydrogens (tertiary/aromatic N) is 3. The van der Waals surface area contributed by atoms with Crippen LogP contribution in [0, 0.1) is 11.8 Å². The molecule has 1 amide bonds. The molecule has 1 fully saturated rings. The Bertz CT molecular complexity index is 1130. The molecule has 0 bridgehead atoms. The van der Waals surface area contributed by atoms with E-state index in [2.05, 4.69) is 21.8 Å². The van der Waals surface area contributed by atoms with E-state index in [1.807, 2.05) is 30.3 Å². The predicted octanol–water partition coefficient (Wildman–Crippen LogP) is 4.13. The molecular weight excluding hydrogens is 397 g/mol. The van der Waals surface area contributed by atoms with Crippen molar-refractivity contribution in [3.63, 3.8) is 0 Å². The molecule has 158 valence electrons. The first-order valence-electron chi connectivity index (χ1n) is 10.0. The number of aromatic nitrogens is 2. The van der Waals surface area contributed by atoms with Crippen LogP contribution in [-0.4, -0.2) is 46.8 Å². The van der Waals surface area contributed by atoms with Gasteiger partial charge in [0.05, 0.1) is 18.2 Å². The maximum absolute atomic E-state index is 15.3. The van der Waals surface area contributed by atoms with Gasteiger partial charge in [-0.1, -0.05) is 42.2 Å². The first-order valence-corrected chi connectivity index (χ1v) is 10.0. The summed E-state index contributed by atoms with van der Waals surface area (Å²) in [7, 11) is 1.53. The zero-order valence-corrected chi connectivity index (χ0v) is 17.2. The fourth-order valence-corrected chi connectivity index (χ4v) is 3.38. The number of hydrogen-bond acceptors (Lipinski definition) is 5. The van der Waals surface area contributed by atoms with Gasteiger partial charge in [-0.3, -0.25) is 4.98 Å². The maximum atomic E-state index is 15.3. The van der Waals surface area contributed by atoms with Crippen LogP contribution < -0.4 is 4.74 Å². The Balaban J connectivity index is 1.40. The fourth-order valence-electron chi connectivity index (χ4n) is 3.38. The first kappa shape index (κ1) is 20.6. The lowest BCUT2D eigenvalue weighted by Gasteiger charge is -2.32. The van der Waals surface area contributed by atoms with E-state index in [-0.39, 0.29) is 32.5 Å². The molecule has 7 heteroatoms. The molecule has 0 radical (unpaired) electrons. The van der Waals surface area contributed by atoms with Crippen LogP contribution in [0.25, 0.3) is 11.0 Å². The van der Waals surface area contributed by atoms with Crippen LogP contribution in [0.2, 0.25) is 0 Å². The van der Waals surface area contributed by atoms with E-state index >= 15 is 4.39 Å². The molecule has 1 aliphatic rings. The van der Waals surface area contributed by atoms with Gasteiger partial charge in [-0.2, -0.15) is 0 Å². The Hall–Kier alpha value is -3.66. The minimum atomic E-state index is -1.68. The van der Waals surface area contributed by atoms with Crippen LogP contribution in [0.15, 0.2) is 54.7 Å². The van der Waals surface area contributed by atoms with E-state index in [0.29, 0.717) is 22.5 Å². The van der Waals surface area contributed by atoms with Crippen LogP contribution in [0.4, 0.5) is 9.18 Å². The SMILES string of the molecule is COc1ccc2nccc(C#CC3(F)CCN(C(=O)OCc4ccccc4)CC3)c2n1. The normalized spacial score (nSPS) is 15.1. The molecule has 1 aliphatic heterocycles. The second-order valence-corrected chi connectivity index (χ2v) is 7.32. The number of carbonyl (C=O) groups excluding carboxylic acids is 1. The van der Waals surface area contributed by atoms with E-state index in [9.17, 15) is 4.79 Å². The standard InChI is InChI=1S/C24H22FN3O3/c1-30-21-8-7-20-22(27-21)19(10-14-26-20)9-11-24(25)12-15-28(16-13-24)23(29)31-17-18-5-3-2-4-6-18/h2-8,10,14H,12-13,15-17H2,1H3. The van der Waals surface area contributed by atoms with Crippen molar-refractivity contribution in [1.29, 1.82) is 0 Å². The first-order chi connectivity index (χ1) is 15.1. The Morgan fingerprint density at radius 3 is 2.68 bits per heavy atom. The van der Waals surface area contributed by atoms with Gasteiger partial charge in [0.1, 0.15) is 12.1 Å². The summed E-state index contributed by atoms with van der Waals surface area (Å²) in [6.07, 6.45) is 1.44. The molecule has 0 unspecified atom stereocenters. The molecule has 6 nitrogen and oxygen atoms in total. The van der Waals surface area contributed by atoms with Gasteiger partial charge < -0.3 is 14.4 Å². The van der Waals surface area contributed by atoms with Gasteiger partial charge in [0, 0.05) is 38.2 Å². The third-order valence-electron chi connectivity index (χ3n) is 5.21. The van der Waals surface area contributed by atoms with Gasteiger partial charge >= 0.3 is 6.09 Å². The van der Waals surface area contributed by atoms with E-state index in [4.69, 9.17) is 9.47 Å². The van der Waals surface area contributed by atoms with Crippen molar-refractivity contribution >= 4 is 17.1 Å². The summed E-state index contributed by atoms with van der Waals surface area (Å²) in [5, 5.41) is 0. The number of carbonyl (C=O) groups is 1. The topological polar surface area (TPSA) is 64.5 Å². The number of methoxy groups -OCH3 is 1. The summed E-state index contributed by atoms with van der Waals surface area (Å²) in [4.78, 5) is 22.5. The molecule has 3 aromatic rings. The van der Waals surface area contributed by atoms with Crippen molar-refractivity contribution in [2.24, 2.45) is 0 Å². The minimum Gasteiger partial charge on any atom is -0.481 e. The fraction of sp³-hybridized carbons (Fsp3) is 0.292. The number of hydrogen-bond donors (Lipinski definition) is 0. The summed E-state index contributed by atoms with van der Waals surface area (Å²) >= 11 is 0. The molecule has 1 aromatic carbocycles. The van der Waals surface area contributed by atoms with E-state index in [1.54, 1.807) is 24.4 Å². The number of alkyl halides is 1. The van der Waals surface area contributed by atoms with Crippen molar-refractivity contribution in [3.8, 4) is 17.7 Å². The molecule has 0 aliphatic carbocycles. The molecule has 0 atom stereocenters. The molecule has 0 saturated carbocycles. The largest absolute Gasteiger partial charge is 0.481 e. The van der Waals surface area contributed by atoms with E-state index in [1.165, 1.54) is 12.0 Å². The van der Waals surface area contributed by atoms with E-state index < -0.39 is 11.8 Å². The van der Waals surface area contributed by atoms with Gasteiger partial charge in [-0.15, -0.1) is 0 Å². The van der Waals surface area contributed by atoms with Crippen LogP contribution in [0.5, 0.6) is 5.88 Å². The number of pyridine rings is 2. The molecule has 0 N–H and O–H groups in total. The van der Waals surface area contributed by atoms with Gasteiger partial charge in [0.25, 0.3) is 0 Å². The minimum absolute atomic E-state index is 0.125. The molecule has 31 heavy (non-hydrogen) atoms. The molecular formula is C24H22FN3O3. The highest BCUT2D eigenvalue weighted by Gasteiger charge is 2.35. The Labute approximate surface area is 180 Å². The third-order valence-corrected chi connectivity index (χ3v) is 5.21. The number of benzene rings is 1. The third kappa shape index (κ3) is 4.92. The Kier molecular flexibility index (Phi) is 5.99. The lowest BCUT2D eigenvalue weighted by Crippen LogP contribution is -2.44. The Morgan fingerprint density at radius 1 is 1.16 bits per heavy atom. The van der Waals surface area contributed by atoms with Crippen molar-refractivity contribution < 1.29 is 18.7 Å². The molecule has 3 heterocycles. The molecule has 4 rings (SSSR count). The zero-order chi connectivity index (χ0) is 21.7. The molecule has 0 spiro atoms. The highest BCUT2D eigenvalue weighted by molar-refractivity contribution is 5.81. The number of fused-ring (bicyclic) bond motifs is 1. The summed E-state index contributed by atoms with van der Waals surface area (Å²) < 4.78 is 25.8. The summed E-state index contributed by atoms with van der Waals surface area (Å²) in [6, 6.07) is 14.7. The van der Waals surface area contributed by atoms with Crippen molar-refractivity contribution in [2.75, 3.05) is 20.2 Å². The van der Waals surface area contributed by atoms with Crippen LogP contribution in [-0.2, 0) is 11.3 Å². The monoisotopic (exact) mass is 419 g/mol. The zero-order valence-electron chi connectivity index (χ0n) is 17.2. The molecule has 2 aromatic heterocycles. The number of ether oxygens (including phenoxy) is 2. The average Bonchev–Trinajstić information content (AvgIpc) is 2.82. The quantitative estimate of drug-likeness (QED) is 0.598. The second kappa shape index (κ2) is 9.00. The number of amides is 1. The summed E-state index contributed by atoms with van der Waals surface area (Å²) in [5.41, 5.74) is 1.06. The number of likely N-dealkylation sites (tertiary alicyclic amines) is 1. The summed E-state index contributed by atoms with van der Waals surface area (Å²) in [5.74, 6) is 6.12. The van der Waals surface area contributed by atoms with Crippen LogP contribution >= 0.6 is 0 Å². The van der Waals surface area contributed by atoms with Gasteiger partial charge in [-0.25, -0.2) is 14.2 Å². The van der Waals surface area contributed by atoms with Crippen LogP contribution in [0.3, 0.4) is 0 Å². The van der Waals surface area contributed by atoms with Crippen molar-refractivity contribution in [3.05, 3.63) is 65.9 Å². The van der Waals surface area contributed by atoms with Crippen molar-refractivity contribution in [1.82, 2.24) is 14.9 Å². The maximum Gasteiger partial charge on any atom is 0.410 e. The highest BCUT2D eigenvalue weighted by atomic mass is 19.1. The van der Waals surface area contributed by atoms with Gasteiger partial charge in [-0.05, 0) is 17.7 Å². The molecule has 1 saturated heterocycles. The highest BCUT2D eigenvalue weighted by Crippen LogP contribution is 2.27. The van der Waals surface area contributed by atoms with Gasteiger partial charge in [0.15, 0.2) is 5.67 Å².